The Morgan fingerprint density at radius 3 is 2.71 bits per heavy atom. The lowest BCUT2D eigenvalue weighted by Crippen LogP contribution is -2.05. The van der Waals surface area contributed by atoms with Gasteiger partial charge in [-0.25, -0.2) is 0 Å². The Labute approximate surface area is 103 Å². The molecule has 0 fully saturated rings. The zero-order valence-electron chi connectivity index (χ0n) is 8.18. The van der Waals surface area contributed by atoms with Crippen LogP contribution in [-0.2, 0) is 11.2 Å². The van der Waals surface area contributed by atoms with Gasteiger partial charge in [0, 0.05) is 3.57 Å². The van der Waals surface area contributed by atoms with Crippen LogP contribution in [0.2, 0.25) is 0 Å². The normalized spacial score (nSPS) is 12.6. The number of aryl methyl sites for hydroxylation is 1. The van der Waals surface area contributed by atoms with Crippen molar-refractivity contribution < 1.29 is 4.79 Å². The second-order valence-corrected chi connectivity index (χ2v) is 4.85. The molecule has 0 aliphatic carbocycles. The number of halogens is 2. The van der Waals surface area contributed by atoms with Crippen LogP contribution in [0, 0.1) is 3.57 Å². The summed E-state index contributed by atoms with van der Waals surface area (Å²) in [5.74, 6) is 0.00238. The summed E-state index contributed by atoms with van der Waals surface area (Å²) >= 11 is 8.28. The van der Waals surface area contributed by atoms with Gasteiger partial charge in [0.15, 0.2) is 5.78 Å². The third kappa shape index (κ3) is 2.70. The van der Waals surface area contributed by atoms with Crippen molar-refractivity contribution in [1.29, 1.82) is 0 Å². The van der Waals surface area contributed by atoms with E-state index in [1.54, 1.807) is 0 Å². The number of carbonyl (C=O) groups excluding carboxylic acids is 1. The molecule has 14 heavy (non-hydrogen) atoms. The van der Waals surface area contributed by atoms with E-state index in [0.717, 1.165) is 17.5 Å². The fourth-order valence-corrected chi connectivity index (χ4v) is 2.12. The smallest absolute Gasteiger partial charge is 0.152 e. The van der Waals surface area contributed by atoms with Gasteiger partial charge >= 0.3 is 0 Å². The highest BCUT2D eigenvalue weighted by Gasteiger charge is 2.16. The van der Waals surface area contributed by atoms with Crippen LogP contribution in [0.5, 0.6) is 0 Å². The molecule has 0 aliphatic heterocycles. The van der Waals surface area contributed by atoms with Gasteiger partial charge in [-0.15, -0.1) is 11.6 Å². The molecular weight excluding hydrogens is 310 g/mol. The summed E-state index contributed by atoms with van der Waals surface area (Å²) in [4.78, 5) is 11.2. The van der Waals surface area contributed by atoms with E-state index in [9.17, 15) is 4.79 Å². The van der Waals surface area contributed by atoms with Crippen LogP contribution in [0.1, 0.15) is 30.4 Å². The zero-order valence-corrected chi connectivity index (χ0v) is 11.1. The van der Waals surface area contributed by atoms with Crippen molar-refractivity contribution in [3.63, 3.8) is 0 Å². The average Bonchev–Trinajstić information content (AvgIpc) is 2.16. The highest BCUT2D eigenvalue weighted by Crippen LogP contribution is 2.26. The molecule has 0 N–H and O–H groups in total. The molecule has 0 heterocycles. The van der Waals surface area contributed by atoms with Crippen molar-refractivity contribution in [1.82, 2.24) is 0 Å². The Bertz CT molecular complexity index is 349. The molecular formula is C11H12ClIO. The number of Topliss-reactive ketones (excluding diaryl/α,β-unsaturated/α-hetero) is 1. The number of alkyl halides is 1. The van der Waals surface area contributed by atoms with E-state index in [2.05, 4.69) is 35.6 Å². The lowest BCUT2D eigenvalue weighted by atomic mass is 10.0. The van der Waals surface area contributed by atoms with Crippen molar-refractivity contribution in [3.05, 3.63) is 32.9 Å². The molecule has 0 spiro atoms. The molecule has 1 rings (SSSR count). The Morgan fingerprint density at radius 2 is 2.21 bits per heavy atom. The summed E-state index contributed by atoms with van der Waals surface area (Å²) in [6.07, 6.45) is 0.905. The highest BCUT2D eigenvalue weighted by atomic mass is 127. The van der Waals surface area contributed by atoms with E-state index in [0.29, 0.717) is 0 Å². The van der Waals surface area contributed by atoms with Gasteiger partial charge in [-0.05, 0) is 59.2 Å². The number of hydrogen-bond acceptors (Lipinski definition) is 1. The maximum absolute atomic E-state index is 11.2. The summed E-state index contributed by atoms with van der Waals surface area (Å²) < 4.78 is 1.18. The van der Waals surface area contributed by atoms with Gasteiger partial charge in [0.25, 0.3) is 0 Å². The molecule has 0 saturated carbocycles. The van der Waals surface area contributed by atoms with Gasteiger partial charge in [0.2, 0.25) is 0 Å². The Morgan fingerprint density at radius 1 is 1.57 bits per heavy atom. The number of rotatable bonds is 3. The van der Waals surface area contributed by atoms with E-state index < -0.39 is 5.38 Å². The molecule has 0 saturated heterocycles. The van der Waals surface area contributed by atoms with Crippen molar-refractivity contribution in [3.8, 4) is 0 Å². The number of benzene rings is 1. The molecule has 0 aliphatic rings. The van der Waals surface area contributed by atoms with Crippen molar-refractivity contribution >= 4 is 40.0 Å². The summed E-state index contributed by atoms with van der Waals surface area (Å²) in [7, 11) is 0. The van der Waals surface area contributed by atoms with Crippen LogP contribution < -0.4 is 0 Å². The summed E-state index contributed by atoms with van der Waals surface area (Å²) in [5, 5.41) is -0.498. The van der Waals surface area contributed by atoms with Gasteiger partial charge in [-0.1, -0.05) is 13.0 Å². The highest BCUT2D eigenvalue weighted by molar-refractivity contribution is 14.1. The topological polar surface area (TPSA) is 17.1 Å². The minimum atomic E-state index is -0.498. The zero-order chi connectivity index (χ0) is 10.7. The van der Waals surface area contributed by atoms with Gasteiger partial charge < -0.3 is 0 Å². The van der Waals surface area contributed by atoms with E-state index in [-0.39, 0.29) is 5.78 Å². The maximum Gasteiger partial charge on any atom is 0.152 e. The quantitative estimate of drug-likeness (QED) is 0.612. The first kappa shape index (κ1) is 12.0. The van der Waals surface area contributed by atoms with Crippen LogP contribution in [0.15, 0.2) is 18.2 Å². The van der Waals surface area contributed by atoms with Crippen molar-refractivity contribution in [2.45, 2.75) is 25.6 Å². The minimum Gasteiger partial charge on any atom is -0.298 e. The summed E-state index contributed by atoms with van der Waals surface area (Å²) in [6.45, 7) is 3.59. The first-order valence-electron chi connectivity index (χ1n) is 4.49. The van der Waals surface area contributed by atoms with Crippen LogP contribution >= 0.6 is 34.2 Å². The molecule has 1 unspecified atom stereocenters. The fraction of sp³-hybridized carbons (Fsp3) is 0.364. The number of carbonyl (C=O) groups is 1. The Hall–Kier alpha value is -0.0900. The molecule has 1 aromatic carbocycles. The van der Waals surface area contributed by atoms with Crippen LogP contribution in [0.3, 0.4) is 0 Å². The molecule has 1 aromatic rings. The van der Waals surface area contributed by atoms with Gasteiger partial charge in [-0.2, -0.15) is 0 Å². The predicted octanol–water partition coefficient (Wildman–Crippen LogP) is 3.72. The van der Waals surface area contributed by atoms with Crippen LogP contribution in [-0.4, -0.2) is 5.78 Å². The maximum atomic E-state index is 11.2. The second-order valence-electron chi connectivity index (χ2n) is 3.17. The molecule has 76 valence electrons. The van der Waals surface area contributed by atoms with Crippen molar-refractivity contribution in [2.75, 3.05) is 0 Å². The molecule has 0 amide bonds. The van der Waals surface area contributed by atoms with E-state index >= 15 is 0 Å². The lowest BCUT2D eigenvalue weighted by Gasteiger charge is -2.11. The lowest BCUT2D eigenvalue weighted by molar-refractivity contribution is -0.116. The molecule has 0 aromatic heterocycles. The summed E-state index contributed by atoms with van der Waals surface area (Å²) in [6, 6.07) is 6.00. The molecule has 0 radical (unpaired) electrons. The van der Waals surface area contributed by atoms with Crippen molar-refractivity contribution in [2.24, 2.45) is 0 Å². The summed E-state index contributed by atoms with van der Waals surface area (Å²) in [5.41, 5.74) is 2.11. The molecule has 1 nitrogen and oxygen atoms in total. The van der Waals surface area contributed by atoms with E-state index in [1.165, 1.54) is 10.5 Å². The molecule has 1 atom stereocenters. The third-order valence-corrected chi connectivity index (χ3v) is 3.33. The SMILES string of the molecule is CCc1cc(I)ccc1C(Cl)C(C)=O. The standard InChI is InChI=1S/C11H12ClIO/c1-3-8-6-9(13)4-5-10(8)11(12)7(2)14/h4-6,11H,3H2,1-2H3. The largest absolute Gasteiger partial charge is 0.298 e. The van der Waals surface area contributed by atoms with E-state index in [1.807, 2.05) is 12.1 Å². The fourth-order valence-electron chi connectivity index (χ4n) is 1.35. The van der Waals surface area contributed by atoms with Gasteiger partial charge in [0.05, 0.1) is 0 Å². The van der Waals surface area contributed by atoms with Crippen LogP contribution in [0.4, 0.5) is 0 Å². The van der Waals surface area contributed by atoms with Gasteiger partial charge in [-0.3, -0.25) is 4.79 Å². The van der Waals surface area contributed by atoms with Gasteiger partial charge in [0.1, 0.15) is 5.38 Å². The predicted molar refractivity (Wildman–Crippen MR) is 67.8 cm³/mol. The monoisotopic (exact) mass is 322 g/mol. The Kier molecular flexibility index (Phi) is 4.38. The Balaban J connectivity index is 3.13. The number of hydrogen-bond donors (Lipinski definition) is 0. The molecule has 3 heteroatoms. The molecule has 0 bridgehead atoms. The minimum absolute atomic E-state index is 0.00238. The van der Waals surface area contributed by atoms with Crippen LogP contribution in [0.25, 0.3) is 0 Å². The number of ketones is 1. The average molecular weight is 323 g/mol. The third-order valence-electron chi connectivity index (χ3n) is 2.12. The first-order chi connectivity index (χ1) is 6.56. The second kappa shape index (κ2) is 5.12. The van der Waals surface area contributed by atoms with E-state index in [4.69, 9.17) is 11.6 Å². The first-order valence-corrected chi connectivity index (χ1v) is 6.00.